The zero-order chi connectivity index (χ0) is 22.4. The van der Waals surface area contributed by atoms with Crippen LogP contribution in [0, 0.1) is 6.92 Å². The van der Waals surface area contributed by atoms with Gasteiger partial charge in [0.2, 0.25) is 11.9 Å². The molecule has 0 unspecified atom stereocenters. The third-order valence-corrected chi connectivity index (χ3v) is 7.55. The molecule has 0 bridgehead atoms. The number of aromatic amines is 1. The summed E-state index contributed by atoms with van der Waals surface area (Å²) in [6.07, 6.45) is 10.8. The lowest BCUT2D eigenvalue weighted by Crippen LogP contribution is -2.58. The Kier molecular flexibility index (Phi) is 7.84. The van der Waals surface area contributed by atoms with Crippen molar-refractivity contribution >= 4 is 11.9 Å². The number of hydrogen-bond acceptors (Lipinski definition) is 6. The average molecular weight is 446 g/mol. The van der Waals surface area contributed by atoms with Gasteiger partial charge in [0.15, 0.2) is 0 Å². The number of piperidine rings is 1. The van der Waals surface area contributed by atoms with Crippen molar-refractivity contribution in [3.63, 3.8) is 0 Å². The van der Waals surface area contributed by atoms with Gasteiger partial charge in [0.1, 0.15) is 0 Å². The molecule has 1 amide bonds. The van der Waals surface area contributed by atoms with E-state index in [1.54, 1.807) is 0 Å². The highest BCUT2D eigenvalue weighted by Crippen LogP contribution is 2.35. The van der Waals surface area contributed by atoms with E-state index in [0.29, 0.717) is 43.3 Å². The molecule has 1 aromatic heterocycles. The van der Waals surface area contributed by atoms with E-state index in [-0.39, 0.29) is 17.0 Å². The van der Waals surface area contributed by atoms with Gasteiger partial charge in [0, 0.05) is 42.9 Å². The number of aryl methyl sites for hydroxylation is 1. The van der Waals surface area contributed by atoms with E-state index in [2.05, 4.69) is 20.2 Å². The van der Waals surface area contributed by atoms with Crippen LogP contribution in [0.2, 0.25) is 0 Å². The number of nitrogens with zero attached hydrogens (tertiary/aromatic N) is 3. The smallest absolute Gasteiger partial charge is 0.255 e. The molecular formula is C24H39N5O3. The third kappa shape index (κ3) is 5.52. The predicted octanol–water partition coefficient (Wildman–Crippen LogP) is 2.15. The van der Waals surface area contributed by atoms with Crippen LogP contribution in [-0.2, 0) is 16.0 Å². The van der Waals surface area contributed by atoms with Gasteiger partial charge in [0.25, 0.3) is 5.56 Å². The minimum atomic E-state index is -0.135. The van der Waals surface area contributed by atoms with Crippen LogP contribution in [0.3, 0.4) is 0 Å². The van der Waals surface area contributed by atoms with E-state index in [1.165, 1.54) is 51.4 Å². The van der Waals surface area contributed by atoms with Crippen LogP contribution in [0.4, 0.5) is 5.95 Å². The fraction of sp³-hybridized carbons (Fsp3) is 0.792. The van der Waals surface area contributed by atoms with Crippen molar-refractivity contribution in [3.8, 4) is 0 Å². The Hall–Kier alpha value is -1.93. The standard InChI is InChI=1S/C24H39N5O3/c1-19-20(22(31)27-23(26-19)28-14-16-32-17-15-28)8-9-21(30)25-18-24(10-4-2-5-11-24)29-12-6-3-7-13-29/h2-18H2,1H3,(H,25,30)(H,26,27,31). The highest BCUT2D eigenvalue weighted by molar-refractivity contribution is 5.76. The summed E-state index contributed by atoms with van der Waals surface area (Å²) in [6.45, 7) is 7.64. The zero-order valence-electron chi connectivity index (χ0n) is 19.6. The second-order valence-corrected chi connectivity index (χ2v) is 9.66. The summed E-state index contributed by atoms with van der Waals surface area (Å²) < 4.78 is 5.37. The average Bonchev–Trinajstić information content (AvgIpc) is 2.84. The Bertz CT molecular complexity index is 821. The van der Waals surface area contributed by atoms with E-state index in [1.807, 2.05) is 11.8 Å². The first-order chi connectivity index (χ1) is 15.6. The third-order valence-electron chi connectivity index (χ3n) is 7.55. The minimum absolute atomic E-state index is 0.0306. The van der Waals surface area contributed by atoms with Crippen LogP contribution < -0.4 is 15.8 Å². The Morgan fingerprint density at radius 3 is 2.44 bits per heavy atom. The first kappa shape index (κ1) is 23.2. The monoisotopic (exact) mass is 445 g/mol. The number of hydrogen-bond donors (Lipinski definition) is 2. The number of H-pyrrole nitrogens is 1. The lowest BCUT2D eigenvalue weighted by atomic mass is 9.79. The van der Waals surface area contributed by atoms with Crippen molar-refractivity contribution < 1.29 is 9.53 Å². The van der Waals surface area contributed by atoms with Crippen LogP contribution in [0.25, 0.3) is 0 Å². The molecule has 3 heterocycles. The molecule has 0 spiro atoms. The molecule has 0 aromatic carbocycles. The first-order valence-corrected chi connectivity index (χ1v) is 12.5. The summed E-state index contributed by atoms with van der Waals surface area (Å²) in [7, 11) is 0. The van der Waals surface area contributed by atoms with Crippen LogP contribution in [-0.4, -0.2) is 72.3 Å². The molecule has 1 aliphatic carbocycles. The predicted molar refractivity (Wildman–Crippen MR) is 125 cm³/mol. The summed E-state index contributed by atoms with van der Waals surface area (Å²) in [4.78, 5) is 37.6. The minimum Gasteiger partial charge on any atom is -0.378 e. The quantitative estimate of drug-likeness (QED) is 0.668. The Labute approximate surface area is 191 Å². The van der Waals surface area contributed by atoms with E-state index in [0.717, 1.165) is 32.7 Å². The van der Waals surface area contributed by atoms with Crippen molar-refractivity contribution in [2.45, 2.75) is 76.7 Å². The van der Waals surface area contributed by atoms with Crippen molar-refractivity contribution in [2.75, 3.05) is 50.8 Å². The highest BCUT2D eigenvalue weighted by Gasteiger charge is 2.38. The van der Waals surface area contributed by atoms with Crippen LogP contribution in [0.5, 0.6) is 0 Å². The summed E-state index contributed by atoms with van der Waals surface area (Å²) in [5.74, 6) is 0.632. The lowest BCUT2D eigenvalue weighted by Gasteiger charge is -2.48. The normalized spacial score (nSPS) is 22.0. The van der Waals surface area contributed by atoms with Gasteiger partial charge >= 0.3 is 0 Å². The fourth-order valence-electron chi connectivity index (χ4n) is 5.59. The number of ether oxygens (including phenoxy) is 1. The summed E-state index contributed by atoms with van der Waals surface area (Å²) in [5, 5.41) is 3.23. The Morgan fingerprint density at radius 2 is 1.75 bits per heavy atom. The maximum Gasteiger partial charge on any atom is 0.255 e. The van der Waals surface area contributed by atoms with E-state index >= 15 is 0 Å². The van der Waals surface area contributed by atoms with Gasteiger partial charge in [0.05, 0.1) is 13.2 Å². The van der Waals surface area contributed by atoms with E-state index in [9.17, 15) is 9.59 Å². The molecule has 4 rings (SSSR count). The second kappa shape index (κ2) is 10.8. The molecule has 3 aliphatic rings. The zero-order valence-corrected chi connectivity index (χ0v) is 19.6. The number of carbonyl (C=O) groups excluding carboxylic acids is 1. The molecule has 1 saturated carbocycles. The molecule has 3 fully saturated rings. The lowest BCUT2D eigenvalue weighted by molar-refractivity contribution is -0.122. The number of nitrogens with one attached hydrogen (secondary N) is 2. The van der Waals surface area contributed by atoms with Gasteiger partial charge in [-0.2, -0.15) is 0 Å². The molecular weight excluding hydrogens is 406 g/mol. The molecule has 8 heteroatoms. The largest absolute Gasteiger partial charge is 0.378 e. The van der Waals surface area contributed by atoms with Gasteiger partial charge in [-0.25, -0.2) is 4.98 Å². The number of likely N-dealkylation sites (tertiary alicyclic amines) is 1. The van der Waals surface area contributed by atoms with Gasteiger partial charge in [-0.1, -0.05) is 25.7 Å². The Balaban J connectivity index is 1.33. The molecule has 8 nitrogen and oxygen atoms in total. The Morgan fingerprint density at radius 1 is 1.06 bits per heavy atom. The van der Waals surface area contributed by atoms with E-state index < -0.39 is 0 Å². The topological polar surface area (TPSA) is 90.6 Å². The maximum absolute atomic E-state index is 12.7. The molecule has 0 atom stereocenters. The van der Waals surface area contributed by atoms with Crippen LogP contribution in [0.15, 0.2) is 4.79 Å². The molecule has 0 radical (unpaired) electrons. The molecule has 32 heavy (non-hydrogen) atoms. The van der Waals surface area contributed by atoms with Gasteiger partial charge in [-0.15, -0.1) is 0 Å². The van der Waals surface area contributed by atoms with Gasteiger partial charge < -0.3 is 15.0 Å². The molecule has 2 aliphatic heterocycles. The number of anilines is 1. The number of morpholine rings is 1. The number of amides is 1. The van der Waals surface area contributed by atoms with Gasteiger partial charge in [-0.05, 0) is 52.1 Å². The van der Waals surface area contributed by atoms with Crippen LogP contribution in [0.1, 0.15) is 69.0 Å². The number of carbonyl (C=O) groups is 1. The summed E-state index contributed by atoms with van der Waals surface area (Å²) >= 11 is 0. The van der Waals surface area contributed by atoms with Crippen molar-refractivity contribution in [1.29, 1.82) is 0 Å². The summed E-state index contributed by atoms with van der Waals surface area (Å²) in [6, 6.07) is 0. The SMILES string of the molecule is Cc1nc(N2CCOCC2)[nH]c(=O)c1CCC(=O)NCC1(N2CCCCC2)CCCCC1. The van der Waals surface area contributed by atoms with Crippen molar-refractivity contribution in [3.05, 3.63) is 21.6 Å². The fourth-order valence-corrected chi connectivity index (χ4v) is 5.59. The second-order valence-electron chi connectivity index (χ2n) is 9.66. The van der Waals surface area contributed by atoms with Crippen LogP contribution >= 0.6 is 0 Å². The molecule has 1 aromatic rings. The maximum atomic E-state index is 12.7. The number of aromatic nitrogens is 2. The highest BCUT2D eigenvalue weighted by atomic mass is 16.5. The molecule has 178 valence electrons. The van der Waals surface area contributed by atoms with Crippen molar-refractivity contribution in [1.82, 2.24) is 20.2 Å². The molecule has 2 N–H and O–H groups in total. The number of rotatable bonds is 7. The molecule has 2 saturated heterocycles. The summed E-state index contributed by atoms with van der Waals surface area (Å²) in [5.41, 5.74) is 1.31. The van der Waals surface area contributed by atoms with Crippen molar-refractivity contribution in [2.24, 2.45) is 0 Å². The van der Waals surface area contributed by atoms with E-state index in [4.69, 9.17) is 4.74 Å². The van der Waals surface area contributed by atoms with Gasteiger partial charge in [-0.3, -0.25) is 19.5 Å². The first-order valence-electron chi connectivity index (χ1n) is 12.5.